The summed E-state index contributed by atoms with van der Waals surface area (Å²) in [6, 6.07) is 7.64. The molecule has 2 aromatic carbocycles. The maximum absolute atomic E-state index is 11.6. The second kappa shape index (κ2) is 6.45. The van der Waals surface area contributed by atoms with Crippen LogP contribution in [0.25, 0.3) is 11.1 Å². The minimum absolute atomic E-state index is 0.190. The normalized spacial score (nSPS) is 10.2. The summed E-state index contributed by atoms with van der Waals surface area (Å²) in [4.78, 5) is 33.0. The summed E-state index contributed by atoms with van der Waals surface area (Å²) < 4.78 is 4.61. The van der Waals surface area contributed by atoms with Crippen LogP contribution in [-0.2, 0) is 4.74 Å². The number of carboxylic acid groups (broad SMARTS) is 1. The molecule has 2 rings (SSSR count). The van der Waals surface area contributed by atoms with E-state index >= 15 is 0 Å². The van der Waals surface area contributed by atoms with E-state index in [4.69, 9.17) is 16.7 Å². The Labute approximate surface area is 135 Å². The number of hydrogen-bond donors (Lipinski definition) is 1. The molecule has 8 heteroatoms. The maximum Gasteiger partial charge on any atom is 0.337 e. The summed E-state index contributed by atoms with van der Waals surface area (Å²) in [5, 5.41) is 20.3. The highest BCUT2D eigenvalue weighted by Crippen LogP contribution is 2.32. The molecule has 23 heavy (non-hydrogen) atoms. The Morgan fingerprint density at radius 3 is 2.43 bits per heavy atom. The molecule has 0 bridgehead atoms. The summed E-state index contributed by atoms with van der Waals surface area (Å²) in [6.07, 6.45) is 0. The number of rotatable bonds is 4. The zero-order chi connectivity index (χ0) is 17.1. The molecule has 0 radical (unpaired) electrons. The van der Waals surface area contributed by atoms with Gasteiger partial charge in [-0.05, 0) is 29.8 Å². The number of nitro benzene ring substituents is 1. The largest absolute Gasteiger partial charge is 0.478 e. The molecule has 0 spiro atoms. The predicted octanol–water partition coefficient (Wildman–Crippen LogP) is 3.40. The summed E-state index contributed by atoms with van der Waals surface area (Å²) >= 11 is 6.07. The Morgan fingerprint density at radius 1 is 1.17 bits per heavy atom. The molecule has 0 heterocycles. The topological polar surface area (TPSA) is 107 Å². The van der Waals surface area contributed by atoms with Crippen molar-refractivity contribution >= 4 is 29.2 Å². The lowest BCUT2D eigenvalue weighted by atomic mass is 10.00. The van der Waals surface area contributed by atoms with Crippen molar-refractivity contribution in [1.29, 1.82) is 0 Å². The first-order valence-corrected chi connectivity index (χ1v) is 6.62. The van der Waals surface area contributed by atoms with Crippen molar-refractivity contribution in [3.63, 3.8) is 0 Å². The van der Waals surface area contributed by atoms with E-state index in [1.54, 1.807) is 0 Å². The molecule has 0 amide bonds. The van der Waals surface area contributed by atoms with Gasteiger partial charge in [-0.25, -0.2) is 9.59 Å². The van der Waals surface area contributed by atoms with Crippen LogP contribution < -0.4 is 0 Å². The first-order chi connectivity index (χ1) is 10.8. The average molecular weight is 336 g/mol. The molecule has 0 saturated heterocycles. The van der Waals surface area contributed by atoms with Crippen LogP contribution in [0, 0.1) is 10.1 Å². The minimum atomic E-state index is -1.31. The van der Waals surface area contributed by atoms with E-state index < -0.39 is 16.9 Å². The number of carbonyl (C=O) groups is 2. The van der Waals surface area contributed by atoms with E-state index in [0.29, 0.717) is 5.56 Å². The van der Waals surface area contributed by atoms with Crippen molar-refractivity contribution in [2.75, 3.05) is 7.11 Å². The SMILES string of the molecule is COC(=O)c1ccc(Cl)c(-c2cc(C(=O)O)cc([N+](=O)[O-])c2)c1. The number of carboxylic acids is 1. The van der Waals surface area contributed by atoms with Crippen LogP contribution in [0.5, 0.6) is 0 Å². The molecule has 0 saturated carbocycles. The molecule has 7 nitrogen and oxygen atoms in total. The van der Waals surface area contributed by atoms with Crippen molar-refractivity contribution in [3.05, 3.63) is 62.7 Å². The van der Waals surface area contributed by atoms with Crippen molar-refractivity contribution in [1.82, 2.24) is 0 Å². The third-order valence-corrected chi connectivity index (χ3v) is 3.40. The number of nitro groups is 1. The van der Waals surface area contributed by atoms with Crippen LogP contribution in [0.4, 0.5) is 5.69 Å². The zero-order valence-electron chi connectivity index (χ0n) is 11.8. The molecular weight excluding hydrogens is 326 g/mol. The fraction of sp³-hybridized carbons (Fsp3) is 0.0667. The molecule has 0 fully saturated rings. The van der Waals surface area contributed by atoms with Crippen molar-refractivity contribution in [3.8, 4) is 11.1 Å². The van der Waals surface area contributed by atoms with E-state index in [9.17, 15) is 19.7 Å². The van der Waals surface area contributed by atoms with Gasteiger partial charge in [0.25, 0.3) is 5.69 Å². The second-order valence-corrected chi connectivity index (χ2v) is 4.92. The highest BCUT2D eigenvalue weighted by molar-refractivity contribution is 6.33. The number of carbonyl (C=O) groups excluding carboxylic acids is 1. The van der Waals surface area contributed by atoms with Crippen molar-refractivity contribution in [2.24, 2.45) is 0 Å². The summed E-state index contributed by atoms with van der Waals surface area (Å²) in [5.74, 6) is -1.91. The molecule has 0 atom stereocenters. The molecule has 0 aliphatic rings. The van der Waals surface area contributed by atoms with Gasteiger partial charge in [0.1, 0.15) is 0 Å². The fourth-order valence-corrected chi connectivity index (χ4v) is 2.21. The predicted molar refractivity (Wildman–Crippen MR) is 81.8 cm³/mol. The van der Waals surface area contributed by atoms with Gasteiger partial charge in [-0.2, -0.15) is 0 Å². The van der Waals surface area contributed by atoms with Gasteiger partial charge in [0.15, 0.2) is 0 Å². The summed E-state index contributed by atoms with van der Waals surface area (Å²) in [6.45, 7) is 0. The smallest absolute Gasteiger partial charge is 0.337 e. The number of nitrogens with zero attached hydrogens (tertiary/aromatic N) is 1. The Balaban J connectivity index is 2.67. The van der Waals surface area contributed by atoms with Crippen LogP contribution in [0.1, 0.15) is 20.7 Å². The van der Waals surface area contributed by atoms with Crippen LogP contribution in [0.2, 0.25) is 5.02 Å². The van der Waals surface area contributed by atoms with Crippen LogP contribution in [0.15, 0.2) is 36.4 Å². The molecule has 0 aliphatic heterocycles. The molecule has 0 unspecified atom stereocenters. The number of methoxy groups -OCH3 is 1. The standard InChI is InChI=1S/C15H10ClNO6/c1-23-15(20)8-2-3-13(16)12(7-8)9-4-10(14(18)19)6-11(5-9)17(21)22/h2-7H,1H3,(H,18,19). The minimum Gasteiger partial charge on any atom is -0.478 e. The average Bonchev–Trinajstić information content (AvgIpc) is 2.53. The van der Waals surface area contributed by atoms with Crippen LogP contribution in [-0.4, -0.2) is 29.1 Å². The second-order valence-electron chi connectivity index (χ2n) is 4.52. The first-order valence-electron chi connectivity index (χ1n) is 6.24. The Kier molecular flexibility index (Phi) is 4.61. The van der Waals surface area contributed by atoms with E-state index in [0.717, 1.165) is 6.07 Å². The van der Waals surface area contributed by atoms with Crippen LogP contribution >= 0.6 is 11.6 Å². The number of esters is 1. The molecule has 0 aromatic heterocycles. The molecule has 2 aromatic rings. The number of benzene rings is 2. The lowest BCUT2D eigenvalue weighted by Gasteiger charge is -2.08. The number of hydrogen-bond acceptors (Lipinski definition) is 5. The number of non-ortho nitro benzene ring substituents is 1. The maximum atomic E-state index is 11.6. The van der Waals surface area contributed by atoms with Gasteiger partial charge in [0.2, 0.25) is 0 Å². The van der Waals surface area contributed by atoms with Gasteiger partial charge < -0.3 is 9.84 Å². The highest BCUT2D eigenvalue weighted by atomic mass is 35.5. The Morgan fingerprint density at radius 2 is 1.87 bits per heavy atom. The van der Waals surface area contributed by atoms with Crippen molar-refractivity contribution in [2.45, 2.75) is 0 Å². The lowest BCUT2D eigenvalue weighted by Crippen LogP contribution is -2.02. The molecule has 1 N–H and O–H groups in total. The van der Waals surface area contributed by atoms with Crippen molar-refractivity contribution < 1.29 is 24.4 Å². The first kappa shape index (κ1) is 16.4. The molecular formula is C15H10ClNO6. The van der Waals surface area contributed by atoms with E-state index in [-0.39, 0.29) is 27.4 Å². The number of halogens is 1. The third-order valence-electron chi connectivity index (χ3n) is 3.07. The van der Waals surface area contributed by atoms with Crippen LogP contribution in [0.3, 0.4) is 0 Å². The highest BCUT2D eigenvalue weighted by Gasteiger charge is 2.17. The van der Waals surface area contributed by atoms with E-state index in [2.05, 4.69) is 4.74 Å². The zero-order valence-corrected chi connectivity index (χ0v) is 12.5. The Bertz CT molecular complexity index is 785. The molecule has 0 aliphatic carbocycles. The van der Waals surface area contributed by atoms with Gasteiger partial charge in [0, 0.05) is 22.7 Å². The number of ether oxygens (including phenoxy) is 1. The van der Waals surface area contributed by atoms with E-state index in [1.165, 1.54) is 37.4 Å². The van der Waals surface area contributed by atoms with Gasteiger partial charge in [0.05, 0.1) is 23.2 Å². The lowest BCUT2D eigenvalue weighted by molar-refractivity contribution is -0.384. The Hall–Kier alpha value is -2.93. The van der Waals surface area contributed by atoms with Gasteiger partial charge in [-0.3, -0.25) is 10.1 Å². The quantitative estimate of drug-likeness (QED) is 0.521. The number of aromatic carboxylic acids is 1. The van der Waals surface area contributed by atoms with Gasteiger partial charge >= 0.3 is 11.9 Å². The molecule has 118 valence electrons. The van der Waals surface area contributed by atoms with Gasteiger partial charge in [-0.15, -0.1) is 0 Å². The third kappa shape index (κ3) is 3.46. The van der Waals surface area contributed by atoms with Gasteiger partial charge in [-0.1, -0.05) is 11.6 Å². The monoisotopic (exact) mass is 335 g/mol. The summed E-state index contributed by atoms with van der Waals surface area (Å²) in [5.41, 5.74) is 0.0524. The fourth-order valence-electron chi connectivity index (χ4n) is 1.99. The summed E-state index contributed by atoms with van der Waals surface area (Å²) in [7, 11) is 1.21. The van der Waals surface area contributed by atoms with E-state index in [1.807, 2.05) is 0 Å².